The number of hydrogen-bond acceptors (Lipinski definition) is 3. The third-order valence-electron chi connectivity index (χ3n) is 4.07. The molecular formula is C21H25Cl2NO3. The molecule has 6 heteroatoms. The number of nitrogens with one attached hydrogen (secondary N) is 1. The molecule has 0 saturated carbocycles. The van der Waals surface area contributed by atoms with Crippen LogP contribution in [-0.4, -0.2) is 19.1 Å². The lowest BCUT2D eigenvalue weighted by molar-refractivity contribution is -0.121. The smallest absolute Gasteiger partial charge is 0.220 e. The molecule has 0 radical (unpaired) electrons. The van der Waals surface area contributed by atoms with Gasteiger partial charge in [0, 0.05) is 6.42 Å². The molecule has 0 spiro atoms. The molecule has 0 aliphatic carbocycles. The monoisotopic (exact) mass is 409 g/mol. The van der Waals surface area contributed by atoms with Gasteiger partial charge in [0.25, 0.3) is 0 Å². The van der Waals surface area contributed by atoms with Crippen LogP contribution in [0.15, 0.2) is 36.4 Å². The molecule has 0 heterocycles. The van der Waals surface area contributed by atoms with Crippen LogP contribution in [-0.2, 0) is 11.2 Å². The molecule has 0 fully saturated rings. The van der Waals surface area contributed by atoms with Crippen LogP contribution in [0.4, 0.5) is 0 Å². The van der Waals surface area contributed by atoms with Crippen molar-refractivity contribution in [3.05, 3.63) is 57.6 Å². The lowest BCUT2D eigenvalue weighted by Gasteiger charge is -2.17. The van der Waals surface area contributed by atoms with Crippen molar-refractivity contribution in [3.8, 4) is 11.5 Å². The maximum atomic E-state index is 12.3. The Morgan fingerprint density at radius 2 is 1.70 bits per heavy atom. The highest BCUT2D eigenvalue weighted by molar-refractivity contribution is 6.42. The van der Waals surface area contributed by atoms with Crippen molar-refractivity contribution in [3.63, 3.8) is 0 Å². The summed E-state index contributed by atoms with van der Waals surface area (Å²) in [6.07, 6.45) is 0.973. The SMILES string of the molecule is CCOc1ccc([C@@H](C)NC(=O)CCc2ccc(Cl)c(Cl)c2)cc1OCC. The van der Waals surface area contributed by atoms with E-state index >= 15 is 0 Å². The van der Waals surface area contributed by atoms with E-state index in [0.29, 0.717) is 47.6 Å². The Kier molecular flexibility index (Phi) is 8.26. The van der Waals surface area contributed by atoms with Gasteiger partial charge in [-0.05, 0) is 62.6 Å². The second-order valence-electron chi connectivity index (χ2n) is 6.11. The summed E-state index contributed by atoms with van der Waals surface area (Å²) >= 11 is 11.9. The predicted molar refractivity (Wildman–Crippen MR) is 110 cm³/mol. The first-order valence-corrected chi connectivity index (χ1v) is 9.83. The maximum absolute atomic E-state index is 12.3. The largest absolute Gasteiger partial charge is 0.490 e. The lowest BCUT2D eigenvalue weighted by Crippen LogP contribution is -2.26. The maximum Gasteiger partial charge on any atom is 0.220 e. The third-order valence-corrected chi connectivity index (χ3v) is 4.81. The highest BCUT2D eigenvalue weighted by Gasteiger charge is 2.13. The first kappa shape index (κ1) is 21.4. The van der Waals surface area contributed by atoms with E-state index < -0.39 is 0 Å². The number of aryl methyl sites for hydroxylation is 1. The number of amides is 1. The molecule has 0 saturated heterocycles. The van der Waals surface area contributed by atoms with Crippen LogP contribution >= 0.6 is 23.2 Å². The van der Waals surface area contributed by atoms with Crippen molar-refractivity contribution in [2.24, 2.45) is 0 Å². The topological polar surface area (TPSA) is 47.6 Å². The van der Waals surface area contributed by atoms with Crippen LogP contribution in [0.3, 0.4) is 0 Å². The fraction of sp³-hybridized carbons (Fsp3) is 0.381. The molecule has 2 aromatic carbocycles. The van der Waals surface area contributed by atoms with Crippen LogP contribution < -0.4 is 14.8 Å². The van der Waals surface area contributed by atoms with Crippen LogP contribution in [0.2, 0.25) is 10.0 Å². The van der Waals surface area contributed by atoms with Gasteiger partial charge in [0.2, 0.25) is 5.91 Å². The highest BCUT2D eigenvalue weighted by Crippen LogP contribution is 2.30. The molecule has 0 aliphatic rings. The summed E-state index contributed by atoms with van der Waals surface area (Å²) in [5.41, 5.74) is 1.94. The summed E-state index contributed by atoms with van der Waals surface area (Å²) in [4.78, 5) is 12.3. The normalized spacial score (nSPS) is 11.7. The van der Waals surface area contributed by atoms with E-state index in [-0.39, 0.29) is 11.9 Å². The standard InChI is InChI=1S/C21H25Cl2NO3/c1-4-26-19-10-8-16(13-20(19)27-5-2)14(3)24-21(25)11-7-15-6-9-17(22)18(23)12-15/h6,8-10,12-14H,4-5,7,11H2,1-3H3,(H,24,25)/t14-/m1/s1. The van der Waals surface area contributed by atoms with Crippen molar-refractivity contribution in [1.82, 2.24) is 5.32 Å². The fourth-order valence-corrected chi connectivity index (χ4v) is 3.01. The van der Waals surface area contributed by atoms with Crippen LogP contribution in [0.5, 0.6) is 11.5 Å². The minimum atomic E-state index is -0.138. The van der Waals surface area contributed by atoms with Gasteiger partial charge in [-0.25, -0.2) is 0 Å². The Labute approximate surface area is 170 Å². The molecule has 0 aromatic heterocycles. The summed E-state index contributed by atoms with van der Waals surface area (Å²) in [5, 5.41) is 4.03. The quantitative estimate of drug-likeness (QED) is 0.585. The summed E-state index contributed by atoms with van der Waals surface area (Å²) in [5.74, 6) is 1.37. The number of benzene rings is 2. The minimum absolute atomic E-state index is 0.0274. The molecule has 0 bridgehead atoms. The van der Waals surface area contributed by atoms with Gasteiger partial charge in [-0.2, -0.15) is 0 Å². The lowest BCUT2D eigenvalue weighted by atomic mass is 10.1. The molecule has 2 rings (SSSR count). The zero-order valence-corrected chi connectivity index (χ0v) is 17.4. The van der Waals surface area contributed by atoms with Crippen molar-refractivity contribution in [2.75, 3.05) is 13.2 Å². The number of carbonyl (C=O) groups excluding carboxylic acids is 1. The number of halogens is 2. The average molecular weight is 410 g/mol. The highest BCUT2D eigenvalue weighted by atomic mass is 35.5. The number of carbonyl (C=O) groups is 1. The third kappa shape index (κ3) is 6.33. The zero-order valence-electron chi connectivity index (χ0n) is 15.9. The Bertz CT molecular complexity index is 780. The van der Waals surface area contributed by atoms with E-state index in [0.717, 1.165) is 11.1 Å². The second kappa shape index (κ2) is 10.4. The Hall–Kier alpha value is -1.91. The van der Waals surface area contributed by atoms with E-state index in [1.54, 1.807) is 12.1 Å². The van der Waals surface area contributed by atoms with Gasteiger partial charge >= 0.3 is 0 Å². The number of rotatable bonds is 9. The van der Waals surface area contributed by atoms with E-state index in [1.807, 2.05) is 45.0 Å². The predicted octanol–water partition coefficient (Wildman–Crippen LogP) is 5.60. The van der Waals surface area contributed by atoms with E-state index in [4.69, 9.17) is 32.7 Å². The van der Waals surface area contributed by atoms with Gasteiger partial charge in [-0.15, -0.1) is 0 Å². The fourth-order valence-electron chi connectivity index (χ4n) is 2.69. The number of hydrogen-bond donors (Lipinski definition) is 1. The van der Waals surface area contributed by atoms with Crippen LogP contribution in [0.25, 0.3) is 0 Å². The molecule has 0 unspecified atom stereocenters. The Morgan fingerprint density at radius 3 is 2.37 bits per heavy atom. The van der Waals surface area contributed by atoms with Gasteiger partial charge in [0.15, 0.2) is 11.5 Å². The van der Waals surface area contributed by atoms with Gasteiger partial charge in [-0.1, -0.05) is 35.3 Å². The van der Waals surface area contributed by atoms with Crippen molar-refractivity contribution < 1.29 is 14.3 Å². The molecule has 2 aromatic rings. The molecule has 0 aliphatic heterocycles. The van der Waals surface area contributed by atoms with Crippen LogP contribution in [0, 0.1) is 0 Å². The van der Waals surface area contributed by atoms with Crippen molar-refractivity contribution in [1.29, 1.82) is 0 Å². The van der Waals surface area contributed by atoms with Crippen LogP contribution in [0.1, 0.15) is 44.4 Å². The Balaban J connectivity index is 1.96. The number of ether oxygens (including phenoxy) is 2. The second-order valence-corrected chi connectivity index (χ2v) is 6.92. The Morgan fingerprint density at radius 1 is 1.00 bits per heavy atom. The van der Waals surface area contributed by atoms with Crippen molar-refractivity contribution in [2.45, 2.75) is 39.7 Å². The van der Waals surface area contributed by atoms with E-state index in [2.05, 4.69) is 5.32 Å². The molecule has 27 heavy (non-hydrogen) atoms. The first-order valence-electron chi connectivity index (χ1n) is 9.07. The summed E-state index contributed by atoms with van der Waals surface area (Å²) in [6, 6.07) is 11.0. The molecule has 1 N–H and O–H groups in total. The summed E-state index contributed by atoms with van der Waals surface area (Å²) in [6.45, 7) is 6.92. The molecule has 1 atom stereocenters. The molecule has 1 amide bonds. The first-order chi connectivity index (χ1) is 12.9. The summed E-state index contributed by atoms with van der Waals surface area (Å²) in [7, 11) is 0. The van der Waals surface area contributed by atoms with Gasteiger partial charge < -0.3 is 14.8 Å². The van der Waals surface area contributed by atoms with Gasteiger partial charge in [0.05, 0.1) is 29.3 Å². The van der Waals surface area contributed by atoms with Crippen molar-refractivity contribution >= 4 is 29.1 Å². The average Bonchev–Trinajstić information content (AvgIpc) is 2.64. The molecule has 146 valence electrons. The summed E-state index contributed by atoms with van der Waals surface area (Å²) < 4.78 is 11.2. The molecule has 4 nitrogen and oxygen atoms in total. The minimum Gasteiger partial charge on any atom is -0.490 e. The zero-order chi connectivity index (χ0) is 19.8. The van der Waals surface area contributed by atoms with E-state index in [1.165, 1.54) is 0 Å². The van der Waals surface area contributed by atoms with Gasteiger partial charge in [0.1, 0.15) is 0 Å². The van der Waals surface area contributed by atoms with Gasteiger partial charge in [-0.3, -0.25) is 4.79 Å². The molecular weight excluding hydrogens is 385 g/mol. The van der Waals surface area contributed by atoms with E-state index in [9.17, 15) is 4.79 Å².